The SMILES string of the molecule is C[C@@H](NC(=O)OC(C)(C)C)[C@H](CC1(CCNC(=O)OCc2ccccc2)CCC1)C(=O)O. The van der Waals surface area contributed by atoms with Gasteiger partial charge in [0.2, 0.25) is 0 Å². The summed E-state index contributed by atoms with van der Waals surface area (Å²) in [4.78, 5) is 36.0. The molecular weight excluding hydrogens is 412 g/mol. The zero-order chi connectivity index (χ0) is 23.8. The van der Waals surface area contributed by atoms with E-state index in [-0.39, 0.29) is 12.0 Å². The first-order valence-electron chi connectivity index (χ1n) is 11.2. The first-order valence-corrected chi connectivity index (χ1v) is 11.2. The number of amides is 2. The summed E-state index contributed by atoms with van der Waals surface area (Å²) >= 11 is 0. The lowest BCUT2D eigenvalue weighted by atomic mass is 9.61. The first-order chi connectivity index (χ1) is 15.0. The van der Waals surface area contributed by atoms with E-state index in [1.54, 1.807) is 27.7 Å². The molecule has 0 aliphatic heterocycles. The fourth-order valence-corrected chi connectivity index (χ4v) is 3.98. The van der Waals surface area contributed by atoms with Crippen molar-refractivity contribution in [1.82, 2.24) is 10.6 Å². The van der Waals surface area contributed by atoms with Gasteiger partial charge >= 0.3 is 18.2 Å². The summed E-state index contributed by atoms with van der Waals surface area (Å²) in [5, 5.41) is 15.2. The molecule has 2 rings (SSSR count). The van der Waals surface area contributed by atoms with E-state index in [1.807, 2.05) is 30.3 Å². The minimum atomic E-state index is -0.949. The second kappa shape index (κ2) is 11.2. The molecule has 32 heavy (non-hydrogen) atoms. The Hall–Kier alpha value is -2.77. The topological polar surface area (TPSA) is 114 Å². The number of benzene rings is 1. The number of hydrogen-bond acceptors (Lipinski definition) is 5. The predicted molar refractivity (Wildman–Crippen MR) is 120 cm³/mol. The van der Waals surface area contributed by atoms with Crippen LogP contribution in [0.1, 0.15) is 65.4 Å². The maximum absolute atomic E-state index is 12.1. The zero-order valence-corrected chi connectivity index (χ0v) is 19.5. The lowest BCUT2D eigenvalue weighted by molar-refractivity contribution is -0.144. The largest absolute Gasteiger partial charge is 0.481 e. The Kier molecular flexibility index (Phi) is 8.92. The molecule has 1 aliphatic carbocycles. The molecule has 1 saturated carbocycles. The van der Waals surface area contributed by atoms with Crippen LogP contribution in [-0.4, -0.2) is 41.4 Å². The van der Waals surface area contributed by atoms with Crippen LogP contribution in [0.15, 0.2) is 30.3 Å². The zero-order valence-electron chi connectivity index (χ0n) is 19.5. The molecule has 1 fully saturated rings. The summed E-state index contributed by atoms with van der Waals surface area (Å²) in [6.45, 7) is 7.57. The van der Waals surface area contributed by atoms with Crippen LogP contribution >= 0.6 is 0 Å². The number of rotatable bonds is 10. The highest BCUT2D eigenvalue weighted by Gasteiger charge is 2.42. The van der Waals surface area contributed by atoms with Crippen LogP contribution in [-0.2, 0) is 20.9 Å². The number of alkyl carbamates (subject to hydrolysis) is 2. The summed E-state index contributed by atoms with van der Waals surface area (Å²) in [6.07, 6.45) is 2.81. The summed E-state index contributed by atoms with van der Waals surface area (Å²) in [7, 11) is 0. The number of carboxylic acid groups (broad SMARTS) is 1. The Morgan fingerprint density at radius 2 is 1.78 bits per heavy atom. The number of carboxylic acids is 1. The highest BCUT2D eigenvalue weighted by Crippen LogP contribution is 2.49. The van der Waals surface area contributed by atoms with Gasteiger partial charge in [0.25, 0.3) is 0 Å². The third-order valence-electron chi connectivity index (χ3n) is 5.87. The number of carbonyl (C=O) groups is 3. The van der Waals surface area contributed by atoms with Gasteiger partial charge in [0.05, 0.1) is 5.92 Å². The molecule has 0 saturated heterocycles. The van der Waals surface area contributed by atoms with Gasteiger partial charge in [-0.15, -0.1) is 0 Å². The van der Waals surface area contributed by atoms with Gasteiger partial charge in [-0.1, -0.05) is 36.8 Å². The van der Waals surface area contributed by atoms with Crippen molar-refractivity contribution >= 4 is 18.2 Å². The summed E-state index contributed by atoms with van der Waals surface area (Å²) < 4.78 is 10.5. The van der Waals surface area contributed by atoms with Crippen molar-refractivity contribution in [3.8, 4) is 0 Å². The molecule has 1 aliphatic rings. The van der Waals surface area contributed by atoms with Gasteiger partial charge in [-0.25, -0.2) is 9.59 Å². The van der Waals surface area contributed by atoms with E-state index in [0.29, 0.717) is 19.4 Å². The predicted octanol–water partition coefficient (Wildman–Crippen LogP) is 4.48. The molecule has 0 heterocycles. The molecular formula is C24H36N2O6. The van der Waals surface area contributed by atoms with Crippen molar-refractivity contribution in [3.05, 3.63) is 35.9 Å². The molecule has 2 amide bonds. The van der Waals surface area contributed by atoms with Crippen LogP contribution < -0.4 is 10.6 Å². The van der Waals surface area contributed by atoms with Crippen LogP contribution in [0.3, 0.4) is 0 Å². The number of aliphatic carboxylic acids is 1. The van der Waals surface area contributed by atoms with Crippen LogP contribution in [0.5, 0.6) is 0 Å². The third-order valence-corrected chi connectivity index (χ3v) is 5.87. The highest BCUT2D eigenvalue weighted by atomic mass is 16.6. The van der Waals surface area contributed by atoms with Gasteiger partial charge in [-0.3, -0.25) is 4.79 Å². The Balaban J connectivity index is 1.83. The van der Waals surface area contributed by atoms with Crippen molar-refractivity contribution in [3.63, 3.8) is 0 Å². The fraction of sp³-hybridized carbons (Fsp3) is 0.625. The number of carbonyl (C=O) groups excluding carboxylic acids is 2. The lowest BCUT2D eigenvalue weighted by Gasteiger charge is -2.44. The van der Waals surface area contributed by atoms with E-state index in [4.69, 9.17) is 9.47 Å². The Morgan fingerprint density at radius 3 is 2.31 bits per heavy atom. The minimum Gasteiger partial charge on any atom is -0.481 e. The molecule has 1 aromatic carbocycles. The molecule has 1 aromatic rings. The summed E-state index contributed by atoms with van der Waals surface area (Å²) in [5.74, 6) is -1.69. The highest BCUT2D eigenvalue weighted by molar-refractivity contribution is 5.73. The summed E-state index contributed by atoms with van der Waals surface area (Å²) in [6, 6.07) is 8.85. The quantitative estimate of drug-likeness (QED) is 0.486. The fourth-order valence-electron chi connectivity index (χ4n) is 3.98. The van der Waals surface area contributed by atoms with Crippen molar-refractivity contribution < 1.29 is 29.0 Å². The average Bonchev–Trinajstić information content (AvgIpc) is 2.66. The lowest BCUT2D eigenvalue weighted by Crippen LogP contribution is -2.47. The number of hydrogen-bond donors (Lipinski definition) is 3. The second-order valence-electron chi connectivity index (χ2n) is 9.68. The Bertz CT molecular complexity index is 770. The van der Waals surface area contributed by atoms with Gasteiger partial charge in [0.15, 0.2) is 0 Å². The first kappa shape index (κ1) is 25.5. The van der Waals surface area contributed by atoms with E-state index in [1.165, 1.54) is 0 Å². The number of nitrogens with one attached hydrogen (secondary N) is 2. The standard InChI is InChI=1S/C24H36N2O6/c1-17(26-22(30)32-23(2,3)4)19(20(27)28)15-24(11-8-12-24)13-14-25-21(29)31-16-18-9-6-5-7-10-18/h5-7,9-10,17,19H,8,11-16H2,1-4H3,(H,25,29)(H,26,30)(H,27,28)/t17-,19+/m1/s1. The molecule has 8 nitrogen and oxygen atoms in total. The minimum absolute atomic E-state index is 0.167. The molecule has 2 atom stereocenters. The molecule has 0 aromatic heterocycles. The van der Waals surface area contributed by atoms with Crippen molar-refractivity contribution in [2.75, 3.05) is 6.54 Å². The second-order valence-corrected chi connectivity index (χ2v) is 9.68. The molecule has 178 valence electrons. The maximum Gasteiger partial charge on any atom is 0.407 e. The van der Waals surface area contributed by atoms with E-state index < -0.39 is 35.7 Å². The van der Waals surface area contributed by atoms with E-state index in [2.05, 4.69) is 10.6 Å². The van der Waals surface area contributed by atoms with Gasteiger partial charge in [0, 0.05) is 12.6 Å². The maximum atomic E-state index is 12.1. The van der Waals surface area contributed by atoms with Gasteiger partial charge in [0.1, 0.15) is 12.2 Å². The van der Waals surface area contributed by atoms with Gasteiger partial charge in [-0.05, 0) is 64.4 Å². The summed E-state index contributed by atoms with van der Waals surface area (Å²) in [5.41, 5.74) is 0.0897. The molecule has 0 unspecified atom stereocenters. The Labute approximate surface area is 190 Å². The molecule has 0 bridgehead atoms. The van der Waals surface area contributed by atoms with Crippen LogP contribution in [0.4, 0.5) is 9.59 Å². The monoisotopic (exact) mass is 448 g/mol. The van der Waals surface area contributed by atoms with Gasteiger partial charge in [-0.2, -0.15) is 0 Å². The average molecular weight is 449 g/mol. The van der Waals surface area contributed by atoms with Crippen LogP contribution in [0.25, 0.3) is 0 Å². The normalized spacial score (nSPS) is 16.8. The van der Waals surface area contributed by atoms with E-state index in [0.717, 1.165) is 24.8 Å². The molecule has 8 heteroatoms. The van der Waals surface area contributed by atoms with Crippen LogP contribution in [0, 0.1) is 11.3 Å². The molecule has 0 spiro atoms. The Morgan fingerprint density at radius 1 is 1.12 bits per heavy atom. The number of ether oxygens (including phenoxy) is 2. The van der Waals surface area contributed by atoms with Crippen molar-refractivity contribution in [1.29, 1.82) is 0 Å². The molecule has 3 N–H and O–H groups in total. The van der Waals surface area contributed by atoms with E-state index >= 15 is 0 Å². The van der Waals surface area contributed by atoms with E-state index in [9.17, 15) is 19.5 Å². The smallest absolute Gasteiger partial charge is 0.407 e. The van der Waals surface area contributed by atoms with Crippen LogP contribution in [0.2, 0.25) is 0 Å². The third kappa shape index (κ3) is 8.40. The van der Waals surface area contributed by atoms with Crippen molar-refractivity contribution in [2.45, 2.75) is 78.0 Å². The van der Waals surface area contributed by atoms with Crippen molar-refractivity contribution in [2.24, 2.45) is 11.3 Å². The van der Waals surface area contributed by atoms with Gasteiger partial charge < -0.3 is 25.2 Å². The molecule has 0 radical (unpaired) electrons.